The van der Waals surface area contributed by atoms with Gasteiger partial charge in [-0.1, -0.05) is 23.2 Å². The van der Waals surface area contributed by atoms with E-state index < -0.39 is 11.9 Å². The Kier molecular flexibility index (Phi) is 7.77. The molecule has 0 aromatic heterocycles. The van der Waals surface area contributed by atoms with Gasteiger partial charge in [0.15, 0.2) is 6.23 Å². The van der Waals surface area contributed by atoms with Crippen molar-refractivity contribution >= 4 is 34.8 Å². The molecule has 0 radical (unpaired) electrons. The van der Waals surface area contributed by atoms with Crippen molar-refractivity contribution in [2.45, 2.75) is 32.1 Å². The van der Waals surface area contributed by atoms with Crippen LogP contribution in [0.1, 0.15) is 19.8 Å². The monoisotopic (exact) mass is 456 g/mol. The van der Waals surface area contributed by atoms with Crippen molar-refractivity contribution in [3.63, 3.8) is 0 Å². The van der Waals surface area contributed by atoms with Crippen LogP contribution in [0.2, 0.25) is 10.0 Å². The Bertz CT molecular complexity index is 899. The van der Waals surface area contributed by atoms with E-state index in [1.165, 1.54) is 25.1 Å². The third kappa shape index (κ3) is 6.22. The lowest BCUT2D eigenvalue weighted by molar-refractivity contribution is -0.114. The predicted molar refractivity (Wildman–Crippen MR) is 114 cm³/mol. The molecule has 0 aliphatic carbocycles. The molecule has 1 heterocycles. The van der Waals surface area contributed by atoms with Crippen LogP contribution in [0.5, 0.6) is 11.5 Å². The number of hydrogen-bond acceptors (Lipinski definition) is 5. The van der Waals surface area contributed by atoms with E-state index in [4.69, 9.17) is 32.7 Å². The van der Waals surface area contributed by atoms with Crippen LogP contribution < -0.4 is 14.8 Å². The molecule has 2 aromatic carbocycles. The van der Waals surface area contributed by atoms with Crippen molar-refractivity contribution in [1.82, 2.24) is 4.90 Å². The van der Waals surface area contributed by atoms with Crippen molar-refractivity contribution in [2.24, 2.45) is 0 Å². The average molecular weight is 457 g/mol. The molecule has 9 heteroatoms. The van der Waals surface area contributed by atoms with Gasteiger partial charge in [0.1, 0.15) is 30.0 Å². The van der Waals surface area contributed by atoms with Gasteiger partial charge in [-0.2, -0.15) is 0 Å². The molecule has 3 rings (SSSR count). The molecule has 1 aliphatic rings. The minimum atomic E-state index is -0.807. The van der Waals surface area contributed by atoms with Gasteiger partial charge >= 0.3 is 0 Å². The summed E-state index contributed by atoms with van der Waals surface area (Å²) in [6.07, 6.45) is 0.749. The fraction of sp³-hybridized carbons (Fsp3) is 0.381. The van der Waals surface area contributed by atoms with Crippen LogP contribution in [0.15, 0.2) is 36.4 Å². The van der Waals surface area contributed by atoms with Gasteiger partial charge in [-0.25, -0.2) is 4.39 Å². The quantitative estimate of drug-likeness (QED) is 0.618. The molecule has 2 unspecified atom stereocenters. The van der Waals surface area contributed by atoms with Crippen molar-refractivity contribution < 1.29 is 23.8 Å². The first-order chi connectivity index (χ1) is 14.3. The normalized spacial score (nSPS) is 17.6. The fourth-order valence-electron chi connectivity index (χ4n) is 3.27. The molecule has 2 N–H and O–H groups in total. The van der Waals surface area contributed by atoms with E-state index in [0.717, 1.165) is 19.4 Å². The highest BCUT2D eigenvalue weighted by Crippen LogP contribution is 2.29. The Hall–Kier alpha value is -2.06. The van der Waals surface area contributed by atoms with Crippen LogP contribution in [0.4, 0.5) is 10.1 Å². The van der Waals surface area contributed by atoms with Crippen LogP contribution in [0, 0.1) is 5.82 Å². The predicted octanol–water partition coefficient (Wildman–Crippen LogP) is 4.33. The Morgan fingerprint density at radius 2 is 2.10 bits per heavy atom. The van der Waals surface area contributed by atoms with Crippen LogP contribution in [0.25, 0.3) is 0 Å². The molecular weight excluding hydrogens is 434 g/mol. The number of nitrogens with one attached hydrogen (secondary N) is 1. The number of carbonyl (C=O) groups is 1. The highest BCUT2D eigenvalue weighted by molar-refractivity contribution is 6.42. The summed E-state index contributed by atoms with van der Waals surface area (Å²) in [6, 6.07) is 8.91. The summed E-state index contributed by atoms with van der Waals surface area (Å²) in [7, 11) is 0. The van der Waals surface area contributed by atoms with E-state index in [0.29, 0.717) is 22.3 Å². The number of likely N-dealkylation sites (tertiary alicyclic amines) is 1. The molecule has 0 saturated carbocycles. The summed E-state index contributed by atoms with van der Waals surface area (Å²) in [5.74, 6) is 0.0605. The zero-order valence-electron chi connectivity index (χ0n) is 16.4. The summed E-state index contributed by atoms with van der Waals surface area (Å²) in [6.45, 7) is 2.42. The number of amides is 1. The van der Waals surface area contributed by atoms with Gasteiger partial charge in [0.2, 0.25) is 5.91 Å². The number of carbonyl (C=O) groups excluding carboxylic acids is 1. The van der Waals surface area contributed by atoms with E-state index in [-0.39, 0.29) is 30.2 Å². The van der Waals surface area contributed by atoms with Gasteiger partial charge in [0.25, 0.3) is 0 Å². The minimum Gasteiger partial charge on any atom is -0.489 e. The molecule has 30 heavy (non-hydrogen) atoms. The summed E-state index contributed by atoms with van der Waals surface area (Å²) in [5, 5.41) is 13.8. The second-order valence-electron chi connectivity index (χ2n) is 7.07. The minimum absolute atomic E-state index is 0.0196. The average Bonchev–Trinajstić information content (AvgIpc) is 3.10. The van der Waals surface area contributed by atoms with E-state index in [1.807, 2.05) is 4.90 Å². The van der Waals surface area contributed by atoms with E-state index in [1.54, 1.807) is 18.2 Å². The highest BCUT2D eigenvalue weighted by atomic mass is 35.5. The van der Waals surface area contributed by atoms with E-state index in [2.05, 4.69) is 5.32 Å². The Balaban J connectivity index is 1.56. The number of ether oxygens (including phenoxy) is 2. The fourth-order valence-corrected chi connectivity index (χ4v) is 3.56. The number of nitrogens with zero attached hydrogens (tertiary/aromatic N) is 1. The first kappa shape index (κ1) is 22.6. The zero-order valence-corrected chi connectivity index (χ0v) is 17.9. The lowest BCUT2D eigenvalue weighted by Crippen LogP contribution is -2.41. The largest absolute Gasteiger partial charge is 0.489 e. The van der Waals surface area contributed by atoms with E-state index >= 15 is 0 Å². The van der Waals surface area contributed by atoms with Crippen molar-refractivity contribution in [2.75, 3.05) is 25.0 Å². The molecule has 1 amide bonds. The third-order valence-corrected chi connectivity index (χ3v) is 5.33. The summed E-state index contributed by atoms with van der Waals surface area (Å²) in [4.78, 5) is 13.3. The summed E-state index contributed by atoms with van der Waals surface area (Å²) < 4.78 is 25.1. The van der Waals surface area contributed by atoms with Crippen molar-refractivity contribution in [3.8, 4) is 11.5 Å². The maximum atomic E-state index is 13.4. The molecule has 2 aromatic rings. The molecule has 0 bridgehead atoms. The van der Waals surface area contributed by atoms with Crippen LogP contribution in [0.3, 0.4) is 0 Å². The molecule has 1 fully saturated rings. The van der Waals surface area contributed by atoms with Crippen LogP contribution >= 0.6 is 23.2 Å². The SMILES string of the molecule is CC(=O)Nc1cc(F)ccc1OCC(O)CN1CCCC1Oc1ccc(Cl)c(Cl)c1. The molecule has 1 saturated heterocycles. The summed E-state index contributed by atoms with van der Waals surface area (Å²) in [5.41, 5.74) is 0.219. The third-order valence-electron chi connectivity index (χ3n) is 4.60. The smallest absolute Gasteiger partial charge is 0.221 e. The van der Waals surface area contributed by atoms with Crippen LogP contribution in [-0.4, -0.2) is 47.9 Å². The summed E-state index contributed by atoms with van der Waals surface area (Å²) >= 11 is 12.0. The van der Waals surface area contributed by atoms with Gasteiger partial charge in [-0.15, -0.1) is 0 Å². The first-order valence-electron chi connectivity index (χ1n) is 9.55. The van der Waals surface area contributed by atoms with Crippen molar-refractivity contribution in [3.05, 3.63) is 52.3 Å². The van der Waals surface area contributed by atoms with Crippen molar-refractivity contribution in [1.29, 1.82) is 0 Å². The highest BCUT2D eigenvalue weighted by Gasteiger charge is 2.28. The van der Waals surface area contributed by atoms with Gasteiger partial charge in [0.05, 0.1) is 15.7 Å². The molecule has 1 aliphatic heterocycles. The number of aliphatic hydroxyl groups excluding tert-OH is 1. The second-order valence-corrected chi connectivity index (χ2v) is 7.89. The number of anilines is 1. The Morgan fingerprint density at radius 1 is 1.30 bits per heavy atom. The van der Waals surface area contributed by atoms with Gasteiger partial charge < -0.3 is 19.9 Å². The maximum Gasteiger partial charge on any atom is 0.221 e. The lowest BCUT2D eigenvalue weighted by Gasteiger charge is -2.27. The zero-order chi connectivity index (χ0) is 21.7. The Labute approximate surface area is 184 Å². The molecule has 6 nitrogen and oxygen atoms in total. The maximum absolute atomic E-state index is 13.4. The number of benzene rings is 2. The molecule has 2 atom stereocenters. The number of β-amino-alcohol motifs (C(OH)–C–C–N with tert-alkyl or cyclic N) is 1. The second kappa shape index (κ2) is 10.3. The topological polar surface area (TPSA) is 71.0 Å². The Morgan fingerprint density at radius 3 is 2.83 bits per heavy atom. The standard InChI is InChI=1S/C21H23Cl2FN2O4/c1-13(27)25-19-9-14(24)4-7-20(19)29-12-15(28)11-26-8-2-3-21(26)30-16-5-6-17(22)18(23)10-16/h4-7,9-10,15,21,28H,2-3,8,11-12H2,1H3,(H,25,27). The van der Waals surface area contributed by atoms with Crippen LogP contribution in [-0.2, 0) is 4.79 Å². The van der Waals surface area contributed by atoms with Gasteiger partial charge in [-0.3, -0.25) is 9.69 Å². The first-order valence-corrected chi connectivity index (χ1v) is 10.3. The number of aliphatic hydroxyl groups is 1. The number of hydrogen-bond donors (Lipinski definition) is 2. The van der Waals surface area contributed by atoms with Gasteiger partial charge in [0, 0.05) is 32.1 Å². The lowest BCUT2D eigenvalue weighted by atomic mass is 10.2. The number of rotatable bonds is 8. The van der Waals surface area contributed by atoms with Gasteiger partial charge in [-0.05, 0) is 37.1 Å². The molecular formula is C21H23Cl2FN2O4. The van der Waals surface area contributed by atoms with E-state index in [9.17, 15) is 14.3 Å². The molecule has 162 valence electrons. The number of halogens is 3. The molecule has 0 spiro atoms.